The van der Waals surface area contributed by atoms with Crippen molar-refractivity contribution in [3.05, 3.63) is 101 Å². The van der Waals surface area contributed by atoms with Gasteiger partial charge in [-0.1, -0.05) is 87.5 Å². The van der Waals surface area contributed by atoms with E-state index in [1.807, 2.05) is 12.1 Å². The summed E-state index contributed by atoms with van der Waals surface area (Å²) >= 11 is 0. The number of aromatic hydroxyl groups is 1. The third kappa shape index (κ3) is 3.88. The molecule has 0 saturated heterocycles. The summed E-state index contributed by atoms with van der Waals surface area (Å²) in [6, 6.07) is 27.0. The second-order valence-electron chi connectivity index (χ2n) is 6.90. The second-order valence-corrected chi connectivity index (χ2v) is 6.90. The van der Waals surface area contributed by atoms with Crippen molar-refractivity contribution in [2.75, 3.05) is 0 Å². The number of hydrogen-bond acceptors (Lipinski definition) is 1. The lowest BCUT2D eigenvalue weighted by atomic mass is 9.87. The van der Waals surface area contributed by atoms with Crippen molar-refractivity contribution < 1.29 is 5.11 Å². The van der Waals surface area contributed by atoms with E-state index < -0.39 is 0 Å². The second kappa shape index (κ2) is 8.05. The summed E-state index contributed by atoms with van der Waals surface area (Å²) in [6.45, 7) is 6.63. The molecule has 1 heteroatoms. The zero-order valence-electron chi connectivity index (χ0n) is 15.7. The van der Waals surface area contributed by atoms with E-state index in [-0.39, 0.29) is 0 Å². The predicted octanol–water partition coefficient (Wildman–Crippen LogP) is 6.88. The lowest BCUT2D eigenvalue weighted by Crippen LogP contribution is -1.96. The summed E-state index contributed by atoms with van der Waals surface area (Å²) < 4.78 is 0. The third-order valence-electron chi connectivity index (χ3n) is 4.80. The molecule has 0 saturated carbocycles. The number of phenols is 1. The lowest BCUT2D eigenvalue weighted by Gasteiger charge is -2.17. The maximum absolute atomic E-state index is 9.70. The Morgan fingerprint density at radius 3 is 1.77 bits per heavy atom. The number of phenolic OH excluding ortho intramolecular Hbond substituents is 1. The maximum atomic E-state index is 9.70. The highest BCUT2D eigenvalue weighted by Crippen LogP contribution is 2.35. The zero-order valence-corrected chi connectivity index (χ0v) is 15.7. The van der Waals surface area contributed by atoms with Gasteiger partial charge in [0.05, 0.1) is 0 Å². The largest absolute Gasteiger partial charge is 0.508 e. The van der Waals surface area contributed by atoms with Crippen LogP contribution in [0.25, 0.3) is 11.1 Å². The Morgan fingerprint density at radius 2 is 1.27 bits per heavy atom. The Labute approximate surface area is 156 Å². The van der Waals surface area contributed by atoms with Crippen LogP contribution in [0.2, 0.25) is 0 Å². The van der Waals surface area contributed by atoms with E-state index in [2.05, 4.69) is 75.4 Å². The first kappa shape index (κ1) is 18.0. The monoisotopic (exact) mass is 342 g/mol. The molecule has 0 fully saturated rings. The molecule has 26 heavy (non-hydrogen) atoms. The van der Waals surface area contributed by atoms with Gasteiger partial charge in [-0.05, 0) is 57.9 Å². The molecule has 0 unspecified atom stereocenters. The molecule has 0 spiro atoms. The Bertz CT molecular complexity index is 870. The average molecular weight is 342 g/mol. The molecular formula is C25H26O. The van der Waals surface area contributed by atoms with Crippen molar-refractivity contribution in [3.63, 3.8) is 0 Å². The first-order chi connectivity index (χ1) is 12.6. The molecule has 132 valence electrons. The van der Waals surface area contributed by atoms with E-state index >= 15 is 0 Å². The highest BCUT2D eigenvalue weighted by atomic mass is 16.3. The lowest BCUT2D eigenvalue weighted by molar-refractivity contribution is 0.475. The molecule has 0 aliphatic heterocycles. The van der Waals surface area contributed by atoms with E-state index in [0.717, 1.165) is 12.0 Å². The predicted molar refractivity (Wildman–Crippen MR) is 111 cm³/mol. The summed E-state index contributed by atoms with van der Waals surface area (Å²) in [5.41, 5.74) is 7.46. The molecule has 1 nitrogen and oxygen atoms in total. The summed E-state index contributed by atoms with van der Waals surface area (Å²) in [5, 5.41) is 9.70. The fraction of sp³-hybridized carbons (Fsp3) is 0.200. The summed E-state index contributed by atoms with van der Waals surface area (Å²) in [4.78, 5) is 0. The first-order valence-corrected chi connectivity index (χ1v) is 9.28. The molecule has 0 aliphatic rings. The van der Waals surface area contributed by atoms with E-state index in [9.17, 15) is 5.11 Å². The molecule has 3 rings (SSSR count). The molecule has 0 heterocycles. The van der Waals surface area contributed by atoms with Gasteiger partial charge in [0.15, 0.2) is 0 Å². The Morgan fingerprint density at radius 1 is 0.731 bits per heavy atom. The van der Waals surface area contributed by atoms with Crippen LogP contribution in [0.15, 0.2) is 78.9 Å². The molecule has 0 radical (unpaired) electrons. The topological polar surface area (TPSA) is 20.2 Å². The third-order valence-corrected chi connectivity index (χ3v) is 4.80. The standard InChI is InChI=1S/C25H26O/c1-4-24(20-8-6-5-7-9-20)25(22-14-16-23(26)17-15-22)21-12-10-19(11-13-21)18(2)3/h5-18,26H,4H2,1-3H3/b25-24+. The Hall–Kier alpha value is -2.80. The Balaban J connectivity index is 2.22. The van der Waals surface area contributed by atoms with Crippen LogP contribution >= 0.6 is 0 Å². The van der Waals surface area contributed by atoms with E-state index in [0.29, 0.717) is 11.7 Å². The molecule has 0 atom stereocenters. The molecular weight excluding hydrogens is 316 g/mol. The fourth-order valence-electron chi connectivity index (χ4n) is 3.34. The van der Waals surface area contributed by atoms with Gasteiger partial charge < -0.3 is 5.11 Å². The summed E-state index contributed by atoms with van der Waals surface area (Å²) in [5.74, 6) is 0.811. The minimum Gasteiger partial charge on any atom is -0.508 e. The molecule has 0 aromatic heterocycles. The molecule has 0 amide bonds. The molecule has 1 N–H and O–H groups in total. The van der Waals surface area contributed by atoms with Crippen LogP contribution in [0.3, 0.4) is 0 Å². The van der Waals surface area contributed by atoms with Gasteiger partial charge in [-0.25, -0.2) is 0 Å². The fourth-order valence-corrected chi connectivity index (χ4v) is 3.34. The van der Waals surface area contributed by atoms with Crippen LogP contribution < -0.4 is 0 Å². The van der Waals surface area contributed by atoms with Crippen molar-refractivity contribution in [2.45, 2.75) is 33.1 Å². The first-order valence-electron chi connectivity index (χ1n) is 9.28. The number of benzene rings is 3. The van der Waals surface area contributed by atoms with Crippen molar-refractivity contribution >= 4 is 11.1 Å². The van der Waals surface area contributed by atoms with Crippen molar-refractivity contribution in [1.82, 2.24) is 0 Å². The number of rotatable bonds is 5. The number of hydrogen-bond donors (Lipinski definition) is 1. The summed E-state index contributed by atoms with van der Waals surface area (Å²) in [7, 11) is 0. The van der Waals surface area contributed by atoms with E-state index in [1.165, 1.54) is 27.8 Å². The van der Waals surface area contributed by atoms with E-state index in [4.69, 9.17) is 0 Å². The highest BCUT2D eigenvalue weighted by molar-refractivity contribution is 5.98. The zero-order chi connectivity index (χ0) is 18.5. The van der Waals surface area contributed by atoms with Gasteiger partial charge in [0.1, 0.15) is 5.75 Å². The van der Waals surface area contributed by atoms with Gasteiger partial charge in [0.2, 0.25) is 0 Å². The molecule has 3 aromatic rings. The molecule has 0 bridgehead atoms. The van der Waals surface area contributed by atoms with Crippen LogP contribution in [-0.4, -0.2) is 5.11 Å². The van der Waals surface area contributed by atoms with Gasteiger partial charge in [-0.2, -0.15) is 0 Å². The smallest absolute Gasteiger partial charge is 0.115 e. The van der Waals surface area contributed by atoms with Crippen molar-refractivity contribution in [2.24, 2.45) is 0 Å². The SMILES string of the molecule is CC/C(=C(\c1ccc(O)cc1)c1ccc(C(C)C)cc1)c1ccccc1. The van der Waals surface area contributed by atoms with Crippen LogP contribution in [0, 0.1) is 0 Å². The van der Waals surface area contributed by atoms with Gasteiger partial charge in [0.25, 0.3) is 0 Å². The summed E-state index contributed by atoms with van der Waals surface area (Å²) in [6.07, 6.45) is 0.937. The normalized spacial score (nSPS) is 12.2. The van der Waals surface area contributed by atoms with Gasteiger partial charge in [0, 0.05) is 0 Å². The van der Waals surface area contributed by atoms with Crippen LogP contribution in [0.1, 0.15) is 55.4 Å². The molecule has 3 aromatic carbocycles. The maximum Gasteiger partial charge on any atom is 0.115 e. The Kier molecular flexibility index (Phi) is 5.58. The quantitative estimate of drug-likeness (QED) is 0.501. The van der Waals surface area contributed by atoms with Crippen LogP contribution in [0.5, 0.6) is 5.75 Å². The van der Waals surface area contributed by atoms with Crippen molar-refractivity contribution in [1.29, 1.82) is 0 Å². The van der Waals surface area contributed by atoms with Crippen LogP contribution in [-0.2, 0) is 0 Å². The van der Waals surface area contributed by atoms with Gasteiger partial charge >= 0.3 is 0 Å². The van der Waals surface area contributed by atoms with Crippen LogP contribution in [0.4, 0.5) is 0 Å². The van der Waals surface area contributed by atoms with Crippen molar-refractivity contribution in [3.8, 4) is 5.75 Å². The minimum absolute atomic E-state index is 0.293. The van der Waals surface area contributed by atoms with E-state index in [1.54, 1.807) is 12.1 Å². The highest BCUT2D eigenvalue weighted by Gasteiger charge is 2.13. The van der Waals surface area contributed by atoms with Gasteiger partial charge in [-0.3, -0.25) is 0 Å². The average Bonchev–Trinajstić information content (AvgIpc) is 2.68. The number of allylic oxidation sites excluding steroid dienone is 1. The molecule has 0 aliphatic carbocycles. The minimum atomic E-state index is 0.293. The van der Waals surface area contributed by atoms with Gasteiger partial charge in [-0.15, -0.1) is 0 Å².